The van der Waals surface area contributed by atoms with Gasteiger partial charge in [0.15, 0.2) is 11.5 Å². The summed E-state index contributed by atoms with van der Waals surface area (Å²) in [5.41, 5.74) is 3.77. The zero-order chi connectivity index (χ0) is 20.4. The zero-order valence-corrected chi connectivity index (χ0v) is 17.2. The van der Waals surface area contributed by atoms with E-state index in [-0.39, 0.29) is 11.4 Å². The molecule has 29 heavy (non-hydrogen) atoms. The van der Waals surface area contributed by atoms with Crippen molar-refractivity contribution in [2.45, 2.75) is 31.8 Å². The molecule has 7 nitrogen and oxygen atoms in total. The van der Waals surface area contributed by atoms with Crippen molar-refractivity contribution in [2.24, 2.45) is 0 Å². The van der Waals surface area contributed by atoms with Crippen LogP contribution in [-0.4, -0.2) is 31.4 Å². The number of aromatic nitrogens is 2. The van der Waals surface area contributed by atoms with E-state index in [1.54, 1.807) is 6.07 Å². The van der Waals surface area contributed by atoms with Crippen LogP contribution in [0.2, 0.25) is 0 Å². The molecule has 2 heterocycles. The Kier molecular flexibility index (Phi) is 5.29. The monoisotopic (exact) mass is 413 g/mol. The van der Waals surface area contributed by atoms with Crippen LogP contribution in [0.15, 0.2) is 53.4 Å². The molecule has 8 heteroatoms. The molecule has 1 aromatic heterocycles. The number of rotatable bonds is 6. The summed E-state index contributed by atoms with van der Waals surface area (Å²) in [4.78, 5) is 0.147. The number of ether oxygens (including phenoxy) is 2. The highest BCUT2D eigenvalue weighted by Crippen LogP contribution is 2.32. The molecule has 0 bridgehead atoms. The van der Waals surface area contributed by atoms with E-state index in [1.165, 1.54) is 12.1 Å². The summed E-state index contributed by atoms with van der Waals surface area (Å²) >= 11 is 0. The Hall–Kier alpha value is -2.84. The molecule has 152 valence electrons. The van der Waals surface area contributed by atoms with Crippen LogP contribution in [0.1, 0.15) is 22.5 Å². The van der Waals surface area contributed by atoms with Crippen LogP contribution in [0.4, 0.5) is 0 Å². The molecule has 0 fully saturated rings. The zero-order valence-electron chi connectivity index (χ0n) is 16.4. The lowest BCUT2D eigenvalue weighted by molar-refractivity contribution is 0.171. The van der Waals surface area contributed by atoms with Crippen LogP contribution < -0.4 is 14.2 Å². The molecule has 0 atom stereocenters. The normalized spacial score (nSPS) is 13.4. The minimum atomic E-state index is -3.70. The van der Waals surface area contributed by atoms with Gasteiger partial charge < -0.3 is 9.47 Å². The summed E-state index contributed by atoms with van der Waals surface area (Å²) in [7, 11) is -3.70. The number of nitrogens with zero attached hydrogens (tertiary/aromatic N) is 2. The van der Waals surface area contributed by atoms with Crippen LogP contribution in [0.3, 0.4) is 0 Å². The van der Waals surface area contributed by atoms with Crippen molar-refractivity contribution in [3.05, 3.63) is 71.0 Å². The fourth-order valence-corrected chi connectivity index (χ4v) is 4.35. The summed E-state index contributed by atoms with van der Waals surface area (Å²) in [6.45, 7) is 5.52. The van der Waals surface area contributed by atoms with Crippen molar-refractivity contribution >= 4 is 10.0 Å². The average Bonchev–Trinajstić information content (AvgIpc) is 2.99. The molecule has 0 saturated carbocycles. The molecule has 0 radical (unpaired) electrons. The van der Waals surface area contributed by atoms with Gasteiger partial charge in [0.2, 0.25) is 10.0 Å². The number of nitrogens with one attached hydrogen (secondary N) is 1. The average molecular weight is 413 g/mol. The first-order chi connectivity index (χ1) is 13.9. The number of fused-ring (bicyclic) bond motifs is 1. The molecule has 1 aliphatic rings. The van der Waals surface area contributed by atoms with E-state index >= 15 is 0 Å². The summed E-state index contributed by atoms with van der Waals surface area (Å²) in [5.74, 6) is 1.01. The number of hydrogen-bond acceptors (Lipinski definition) is 5. The Morgan fingerprint density at radius 1 is 1.03 bits per heavy atom. The van der Waals surface area contributed by atoms with E-state index in [0.29, 0.717) is 31.3 Å². The van der Waals surface area contributed by atoms with Crippen molar-refractivity contribution in [1.82, 2.24) is 14.5 Å². The number of benzene rings is 2. The predicted molar refractivity (Wildman–Crippen MR) is 109 cm³/mol. The van der Waals surface area contributed by atoms with Crippen LogP contribution in [0.25, 0.3) is 0 Å². The van der Waals surface area contributed by atoms with Gasteiger partial charge in [-0.1, -0.05) is 30.3 Å². The van der Waals surface area contributed by atoms with Gasteiger partial charge in [-0.15, -0.1) is 0 Å². The van der Waals surface area contributed by atoms with Gasteiger partial charge in [0, 0.05) is 23.9 Å². The van der Waals surface area contributed by atoms with E-state index in [9.17, 15) is 8.42 Å². The molecule has 2 aromatic carbocycles. The van der Waals surface area contributed by atoms with Crippen molar-refractivity contribution < 1.29 is 17.9 Å². The summed E-state index contributed by atoms with van der Waals surface area (Å²) in [6.07, 6.45) is 0. The van der Waals surface area contributed by atoms with Crippen molar-refractivity contribution in [1.29, 1.82) is 0 Å². The number of hydrogen-bond donors (Lipinski definition) is 1. The molecule has 1 N–H and O–H groups in total. The van der Waals surface area contributed by atoms with E-state index < -0.39 is 10.0 Å². The van der Waals surface area contributed by atoms with E-state index in [4.69, 9.17) is 9.47 Å². The first kappa shape index (κ1) is 19.5. The summed E-state index contributed by atoms with van der Waals surface area (Å²) in [5, 5.41) is 4.58. The van der Waals surface area contributed by atoms with Gasteiger partial charge >= 0.3 is 0 Å². The smallest absolute Gasteiger partial charge is 0.241 e. The van der Waals surface area contributed by atoms with Gasteiger partial charge in [0.05, 0.1) is 17.1 Å². The van der Waals surface area contributed by atoms with Gasteiger partial charge in [0.25, 0.3) is 0 Å². The van der Waals surface area contributed by atoms with Gasteiger partial charge in [-0.05, 0) is 31.5 Å². The van der Waals surface area contributed by atoms with Gasteiger partial charge in [0.1, 0.15) is 13.2 Å². The summed E-state index contributed by atoms with van der Waals surface area (Å²) in [6, 6.07) is 14.7. The fraction of sp³-hybridized carbons (Fsp3) is 0.286. The molecule has 3 aromatic rings. The van der Waals surface area contributed by atoms with Crippen molar-refractivity contribution in [3.63, 3.8) is 0 Å². The Morgan fingerprint density at radius 3 is 2.52 bits per heavy atom. The second-order valence-electron chi connectivity index (χ2n) is 6.92. The predicted octanol–water partition coefficient (Wildman–Crippen LogP) is 2.80. The fourth-order valence-electron chi connectivity index (χ4n) is 3.34. The third-order valence-corrected chi connectivity index (χ3v) is 6.37. The number of sulfonamides is 1. The van der Waals surface area contributed by atoms with E-state index in [2.05, 4.69) is 9.82 Å². The first-order valence-corrected chi connectivity index (χ1v) is 10.9. The lowest BCUT2D eigenvalue weighted by Gasteiger charge is -2.19. The SMILES string of the molecule is Cc1nn(Cc2ccccc2)c(C)c1CNS(=O)(=O)c1ccc2c(c1)OCCO2. The summed E-state index contributed by atoms with van der Waals surface area (Å²) < 4.78 is 41.1. The minimum Gasteiger partial charge on any atom is -0.486 e. The third-order valence-electron chi connectivity index (χ3n) is 4.97. The third kappa shape index (κ3) is 4.13. The largest absolute Gasteiger partial charge is 0.486 e. The molecule has 0 spiro atoms. The first-order valence-electron chi connectivity index (χ1n) is 9.40. The molecular formula is C21H23N3O4S. The molecule has 0 amide bonds. The maximum absolute atomic E-state index is 12.8. The highest BCUT2D eigenvalue weighted by atomic mass is 32.2. The Morgan fingerprint density at radius 2 is 1.76 bits per heavy atom. The maximum atomic E-state index is 12.8. The Balaban J connectivity index is 1.51. The van der Waals surface area contributed by atoms with E-state index in [0.717, 1.165) is 22.5 Å². The topological polar surface area (TPSA) is 82.5 Å². The molecule has 4 rings (SSSR count). The minimum absolute atomic E-state index is 0.147. The van der Waals surface area contributed by atoms with Gasteiger partial charge in [-0.25, -0.2) is 13.1 Å². The molecule has 0 saturated heterocycles. The highest BCUT2D eigenvalue weighted by molar-refractivity contribution is 7.89. The molecular weight excluding hydrogens is 390 g/mol. The maximum Gasteiger partial charge on any atom is 0.241 e. The molecule has 0 unspecified atom stereocenters. The van der Waals surface area contributed by atoms with Crippen LogP contribution in [0, 0.1) is 13.8 Å². The van der Waals surface area contributed by atoms with Crippen molar-refractivity contribution in [2.75, 3.05) is 13.2 Å². The molecule has 0 aliphatic carbocycles. The van der Waals surface area contributed by atoms with E-state index in [1.807, 2.05) is 48.9 Å². The van der Waals surface area contributed by atoms with Gasteiger partial charge in [-0.3, -0.25) is 4.68 Å². The van der Waals surface area contributed by atoms with Crippen LogP contribution >= 0.6 is 0 Å². The highest BCUT2D eigenvalue weighted by Gasteiger charge is 2.21. The molecule has 1 aliphatic heterocycles. The second-order valence-corrected chi connectivity index (χ2v) is 8.69. The Labute approximate surface area is 170 Å². The second kappa shape index (κ2) is 7.88. The Bertz CT molecular complexity index is 1120. The lowest BCUT2D eigenvalue weighted by Crippen LogP contribution is -2.24. The number of aryl methyl sites for hydroxylation is 1. The van der Waals surface area contributed by atoms with Crippen LogP contribution in [0.5, 0.6) is 11.5 Å². The van der Waals surface area contributed by atoms with Crippen LogP contribution in [-0.2, 0) is 23.1 Å². The lowest BCUT2D eigenvalue weighted by atomic mass is 10.2. The standard InChI is InChI=1S/C21H23N3O4S/c1-15-19(16(2)24(23-15)14-17-6-4-3-5-7-17)13-22-29(25,26)18-8-9-20-21(12-18)28-11-10-27-20/h3-9,12,22H,10-11,13-14H2,1-2H3. The van der Waals surface area contributed by atoms with Crippen molar-refractivity contribution in [3.8, 4) is 11.5 Å². The van der Waals surface area contributed by atoms with Gasteiger partial charge in [-0.2, -0.15) is 5.10 Å². The quantitative estimate of drug-likeness (QED) is 0.672.